The van der Waals surface area contributed by atoms with Crippen molar-refractivity contribution in [1.29, 1.82) is 0 Å². The zero-order chi connectivity index (χ0) is 16.9. The van der Waals surface area contributed by atoms with Crippen LogP contribution in [-0.2, 0) is 14.8 Å². The second-order valence-corrected chi connectivity index (χ2v) is 7.57. The van der Waals surface area contributed by atoms with Crippen LogP contribution in [0.25, 0.3) is 0 Å². The lowest BCUT2D eigenvalue weighted by atomic mass is 10.3. The van der Waals surface area contributed by atoms with Crippen LogP contribution in [-0.4, -0.2) is 38.3 Å². The Morgan fingerprint density at radius 2 is 2.04 bits per heavy atom. The van der Waals surface area contributed by atoms with Gasteiger partial charge in [-0.05, 0) is 25.5 Å². The predicted octanol–water partition coefficient (Wildman–Crippen LogP) is 2.22. The predicted molar refractivity (Wildman–Crippen MR) is 94.5 cm³/mol. The maximum Gasteiger partial charge on any atom is 0.286 e. The highest BCUT2D eigenvalue weighted by atomic mass is 32.2. The second kappa shape index (κ2) is 7.83. The van der Waals surface area contributed by atoms with Gasteiger partial charge in [0, 0.05) is 13.1 Å². The van der Waals surface area contributed by atoms with Gasteiger partial charge < -0.3 is 10.2 Å². The molecule has 8 heteroatoms. The van der Waals surface area contributed by atoms with E-state index in [1.165, 1.54) is 0 Å². The largest absolute Gasteiger partial charge is 0.355 e. The highest BCUT2D eigenvalue weighted by Crippen LogP contribution is 2.33. The lowest BCUT2D eigenvalue weighted by molar-refractivity contribution is -0.118. The molecule has 1 aromatic rings. The second-order valence-electron chi connectivity index (χ2n) is 5.05. The van der Waals surface area contributed by atoms with E-state index in [0.717, 1.165) is 24.6 Å². The van der Waals surface area contributed by atoms with E-state index in [0.29, 0.717) is 23.9 Å². The van der Waals surface area contributed by atoms with Crippen LogP contribution < -0.4 is 10.2 Å². The number of carbonyl (C=O) groups is 1. The third kappa shape index (κ3) is 4.26. The monoisotopic (exact) mass is 355 g/mol. The normalized spacial score (nSPS) is 15.7. The van der Waals surface area contributed by atoms with Gasteiger partial charge in [0.1, 0.15) is 4.90 Å². The molecule has 0 saturated carbocycles. The van der Waals surface area contributed by atoms with Crippen molar-refractivity contribution in [2.24, 2.45) is 4.40 Å². The number of hydrogen-bond acceptors (Lipinski definition) is 5. The summed E-state index contributed by atoms with van der Waals surface area (Å²) < 4.78 is 28.4. The first-order chi connectivity index (χ1) is 11.0. The molecular weight excluding hydrogens is 334 g/mol. The van der Waals surface area contributed by atoms with Gasteiger partial charge in [0.05, 0.1) is 11.4 Å². The van der Waals surface area contributed by atoms with Crippen LogP contribution in [0.5, 0.6) is 0 Å². The number of unbranched alkanes of at least 4 members (excludes halogenated alkanes) is 1. The summed E-state index contributed by atoms with van der Waals surface area (Å²) in [5.41, 5.74) is 0.610. The number of amidine groups is 1. The highest BCUT2D eigenvalue weighted by Gasteiger charge is 2.30. The van der Waals surface area contributed by atoms with Crippen molar-refractivity contribution in [3.05, 3.63) is 24.3 Å². The Hall–Kier alpha value is -1.54. The number of anilines is 1. The van der Waals surface area contributed by atoms with Crippen LogP contribution in [0.1, 0.15) is 26.7 Å². The third-order valence-corrected chi connectivity index (χ3v) is 5.77. The Morgan fingerprint density at radius 3 is 2.74 bits per heavy atom. The highest BCUT2D eigenvalue weighted by molar-refractivity contribution is 8.15. The summed E-state index contributed by atoms with van der Waals surface area (Å²) in [6.45, 7) is 5.20. The van der Waals surface area contributed by atoms with E-state index >= 15 is 0 Å². The zero-order valence-electron chi connectivity index (χ0n) is 13.3. The van der Waals surface area contributed by atoms with E-state index in [1.807, 2.05) is 11.8 Å². The van der Waals surface area contributed by atoms with E-state index in [9.17, 15) is 13.2 Å². The van der Waals surface area contributed by atoms with Crippen molar-refractivity contribution >= 4 is 38.5 Å². The molecule has 0 unspecified atom stereocenters. The minimum absolute atomic E-state index is 0.113. The molecule has 0 aromatic heterocycles. The number of nitrogens with one attached hydrogen (secondary N) is 1. The van der Waals surface area contributed by atoms with Crippen LogP contribution in [0.3, 0.4) is 0 Å². The molecule has 1 aliphatic heterocycles. The van der Waals surface area contributed by atoms with E-state index in [4.69, 9.17) is 0 Å². The molecule has 0 spiro atoms. The van der Waals surface area contributed by atoms with E-state index in [1.54, 1.807) is 24.3 Å². The summed E-state index contributed by atoms with van der Waals surface area (Å²) in [4.78, 5) is 13.8. The fourth-order valence-corrected chi connectivity index (χ4v) is 4.54. The first-order valence-corrected chi connectivity index (χ1v) is 10.0. The van der Waals surface area contributed by atoms with Gasteiger partial charge in [-0.15, -0.1) is 4.40 Å². The van der Waals surface area contributed by atoms with Crippen molar-refractivity contribution in [1.82, 2.24) is 5.32 Å². The van der Waals surface area contributed by atoms with Crippen molar-refractivity contribution in [2.75, 3.05) is 23.7 Å². The molecule has 126 valence electrons. The molecule has 2 rings (SSSR count). The van der Waals surface area contributed by atoms with E-state index < -0.39 is 10.0 Å². The SMILES string of the molecule is CCCCNC(=O)CSC1=NS(=O)(=O)c2ccccc2N1CC. The van der Waals surface area contributed by atoms with Crippen molar-refractivity contribution in [3.63, 3.8) is 0 Å². The van der Waals surface area contributed by atoms with Gasteiger partial charge in [-0.1, -0.05) is 37.2 Å². The fourth-order valence-electron chi connectivity index (χ4n) is 2.20. The third-order valence-electron chi connectivity index (χ3n) is 3.36. The first-order valence-electron chi connectivity index (χ1n) is 7.60. The summed E-state index contributed by atoms with van der Waals surface area (Å²) >= 11 is 1.15. The van der Waals surface area contributed by atoms with E-state index in [-0.39, 0.29) is 16.6 Å². The number of rotatable bonds is 6. The van der Waals surface area contributed by atoms with Crippen LogP contribution in [0.2, 0.25) is 0 Å². The number of amides is 1. The molecule has 1 aliphatic rings. The van der Waals surface area contributed by atoms with Gasteiger partial charge in [-0.3, -0.25) is 4.79 Å². The first kappa shape index (κ1) is 17.8. The lowest BCUT2D eigenvalue weighted by Crippen LogP contribution is -2.35. The topological polar surface area (TPSA) is 78.8 Å². The smallest absolute Gasteiger partial charge is 0.286 e. The summed E-state index contributed by atoms with van der Waals surface area (Å²) in [6, 6.07) is 6.78. The molecule has 1 amide bonds. The van der Waals surface area contributed by atoms with Crippen LogP contribution in [0.15, 0.2) is 33.6 Å². The summed E-state index contributed by atoms with van der Waals surface area (Å²) in [5.74, 6) is 0.0370. The molecule has 6 nitrogen and oxygen atoms in total. The number of fused-ring (bicyclic) bond motifs is 1. The number of carbonyl (C=O) groups excluding carboxylic acids is 1. The summed E-state index contributed by atoms with van der Waals surface area (Å²) in [7, 11) is -3.71. The standard InChI is InChI=1S/C15H21N3O3S2/c1-3-5-10-16-14(19)11-22-15-17-23(20,21)13-9-7-6-8-12(13)18(15)4-2/h6-9H,3-5,10-11H2,1-2H3,(H,16,19). The van der Waals surface area contributed by atoms with Crippen LogP contribution in [0.4, 0.5) is 5.69 Å². The minimum Gasteiger partial charge on any atom is -0.355 e. The molecule has 0 radical (unpaired) electrons. The molecule has 1 N–H and O–H groups in total. The fraction of sp³-hybridized carbons (Fsp3) is 0.467. The number of thioether (sulfide) groups is 1. The Labute approximate surface area is 141 Å². The molecule has 0 bridgehead atoms. The molecule has 1 aromatic carbocycles. The Morgan fingerprint density at radius 1 is 1.30 bits per heavy atom. The van der Waals surface area contributed by atoms with Crippen LogP contribution >= 0.6 is 11.8 Å². The van der Waals surface area contributed by atoms with Crippen LogP contribution in [0, 0.1) is 0 Å². The van der Waals surface area contributed by atoms with Gasteiger partial charge in [0.2, 0.25) is 5.91 Å². The molecular formula is C15H21N3O3S2. The molecule has 1 heterocycles. The summed E-state index contributed by atoms with van der Waals surface area (Å²) in [6.07, 6.45) is 1.94. The van der Waals surface area contributed by atoms with Gasteiger partial charge >= 0.3 is 0 Å². The molecule has 0 aliphatic carbocycles. The van der Waals surface area contributed by atoms with Crippen molar-refractivity contribution in [3.8, 4) is 0 Å². The molecule has 0 saturated heterocycles. The molecule has 0 fully saturated rings. The number of para-hydroxylation sites is 1. The Kier molecular flexibility index (Phi) is 6.06. The average Bonchev–Trinajstić information content (AvgIpc) is 2.53. The van der Waals surface area contributed by atoms with Crippen molar-refractivity contribution < 1.29 is 13.2 Å². The van der Waals surface area contributed by atoms with Gasteiger partial charge in [-0.25, -0.2) is 0 Å². The van der Waals surface area contributed by atoms with Crippen molar-refractivity contribution in [2.45, 2.75) is 31.6 Å². The number of sulfonamides is 1. The maximum atomic E-state index is 12.3. The zero-order valence-corrected chi connectivity index (χ0v) is 14.9. The Balaban J connectivity index is 2.13. The van der Waals surface area contributed by atoms with Gasteiger partial charge in [-0.2, -0.15) is 8.42 Å². The summed E-state index contributed by atoms with van der Waals surface area (Å²) in [5, 5.41) is 3.16. The van der Waals surface area contributed by atoms with E-state index in [2.05, 4.69) is 16.6 Å². The maximum absolute atomic E-state index is 12.3. The number of benzene rings is 1. The molecule has 23 heavy (non-hydrogen) atoms. The van der Waals surface area contributed by atoms with Gasteiger partial charge in [0.25, 0.3) is 10.0 Å². The average molecular weight is 355 g/mol. The number of hydrogen-bond donors (Lipinski definition) is 1. The number of nitrogens with zero attached hydrogens (tertiary/aromatic N) is 2. The van der Waals surface area contributed by atoms with Gasteiger partial charge in [0.15, 0.2) is 5.17 Å². The minimum atomic E-state index is -3.71. The molecule has 0 atom stereocenters. The Bertz CT molecular complexity index is 702. The quantitative estimate of drug-likeness (QED) is 0.792. The lowest BCUT2D eigenvalue weighted by Gasteiger charge is -2.29.